The maximum absolute atomic E-state index is 12.3. The van der Waals surface area contributed by atoms with Crippen molar-refractivity contribution in [3.05, 3.63) is 36.5 Å². The molecule has 0 aliphatic heterocycles. The van der Waals surface area contributed by atoms with E-state index in [0.717, 1.165) is 32.1 Å². The van der Waals surface area contributed by atoms with Crippen LogP contribution in [0.15, 0.2) is 36.5 Å². The van der Waals surface area contributed by atoms with Crippen molar-refractivity contribution in [3.63, 3.8) is 0 Å². The van der Waals surface area contributed by atoms with E-state index in [0.29, 0.717) is 19.3 Å². The van der Waals surface area contributed by atoms with Gasteiger partial charge in [0, 0.05) is 6.42 Å². The first kappa shape index (κ1) is 49.6. The van der Waals surface area contributed by atoms with Gasteiger partial charge in [0.2, 0.25) is 5.91 Å². The number of hydrogen-bond donors (Lipinski definition) is 4. The first-order valence-electron chi connectivity index (χ1n) is 22.3. The second-order valence-corrected chi connectivity index (χ2v) is 15.2. The smallest absolute Gasteiger partial charge is 0.220 e. The molecule has 0 aromatic rings. The van der Waals surface area contributed by atoms with E-state index in [2.05, 4.69) is 49.5 Å². The van der Waals surface area contributed by atoms with E-state index < -0.39 is 24.9 Å². The summed E-state index contributed by atoms with van der Waals surface area (Å²) >= 11 is 0. The lowest BCUT2D eigenvalue weighted by atomic mass is 10.0. The van der Waals surface area contributed by atoms with Crippen LogP contribution in [0.3, 0.4) is 0 Å². The Morgan fingerprint density at radius 3 is 1.25 bits per heavy atom. The summed E-state index contributed by atoms with van der Waals surface area (Å²) in [5.41, 5.74) is 0. The largest absolute Gasteiger partial charge is 0.394 e. The molecule has 0 spiro atoms. The average Bonchev–Trinajstić information content (AvgIpc) is 3.13. The molecule has 0 radical (unpaired) electrons. The third kappa shape index (κ3) is 36.7. The Labute approximate surface area is 317 Å². The molecule has 3 unspecified atom stereocenters. The number of hydrogen-bond acceptors (Lipinski definition) is 4. The van der Waals surface area contributed by atoms with Crippen LogP contribution in [0.2, 0.25) is 0 Å². The summed E-state index contributed by atoms with van der Waals surface area (Å²) in [6, 6.07) is -0.855. The second-order valence-electron chi connectivity index (χ2n) is 15.2. The summed E-state index contributed by atoms with van der Waals surface area (Å²) < 4.78 is 0. The highest BCUT2D eigenvalue weighted by Crippen LogP contribution is 2.16. The minimum atomic E-state index is -1.18. The fourth-order valence-corrected chi connectivity index (χ4v) is 6.74. The van der Waals surface area contributed by atoms with Gasteiger partial charge < -0.3 is 20.6 Å². The van der Waals surface area contributed by atoms with Crippen molar-refractivity contribution in [3.8, 4) is 0 Å². The van der Waals surface area contributed by atoms with Crippen LogP contribution >= 0.6 is 0 Å². The molecule has 5 heteroatoms. The van der Waals surface area contributed by atoms with Crippen molar-refractivity contribution in [2.24, 2.45) is 0 Å². The van der Waals surface area contributed by atoms with Crippen molar-refractivity contribution >= 4 is 5.91 Å². The van der Waals surface area contributed by atoms with Crippen LogP contribution in [0.25, 0.3) is 0 Å². The zero-order valence-electron chi connectivity index (χ0n) is 34.0. The Balaban J connectivity index is 3.67. The lowest BCUT2D eigenvalue weighted by molar-refractivity contribution is -0.124. The van der Waals surface area contributed by atoms with Gasteiger partial charge in [0.05, 0.1) is 18.8 Å². The molecule has 0 bridgehead atoms. The highest BCUT2D eigenvalue weighted by atomic mass is 16.3. The molecular formula is C46H87NO4. The van der Waals surface area contributed by atoms with Crippen LogP contribution in [-0.4, -0.2) is 46.1 Å². The summed E-state index contributed by atoms with van der Waals surface area (Å²) in [6.45, 7) is 4.13. The molecule has 0 saturated carbocycles. The molecule has 51 heavy (non-hydrogen) atoms. The first-order valence-corrected chi connectivity index (χ1v) is 22.3. The lowest BCUT2D eigenvalue weighted by Crippen LogP contribution is -2.50. The second kappa shape index (κ2) is 41.3. The van der Waals surface area contributed by atoms with E-state index in [-0.39, 0.29) is 5.91 Å². The van der Waals surface area contributed by atoms with E-state index >= 15 is 0 Å². The molecule has 4 N–H and O–H groups in total. The third-order valence-corrected chi connectivity index (χ3v) is 10.2. The quantitative estimate of drug-likeness (QED) is 0.0375. The zero-order chi connectivity index (χ0) is 37.3. The zero-order valence-corrected chi connectivity index (χ0v) is 34.0. The number of rotatable bonds is 40. The normalized spacial score (nSPS) is 13.9. The highest BCUT2D eigenvalue weighted by Gasteiger charge is 2.26. The third-order valence-electron chi connectivity index (χ3n) is 10.2. The Hall–Kier alpha value is -1.43. The van der Waals surface area contributed by atoms with E-state index in [1.807, 2.05) is 6.08 Å². The van der Waals surface area contributed by atoms with Gasteiger partial charge in [0.1, 0.15) is 6.10 Å². The van der Waals surface area contributed by atoms with Crippen molar-refractivity contribution in [2.45, 2.75) is 244 Å². The molecule has 0 aliphatic carbocycles. The maximum atomic E-state index is 12.3. The molecule has 0 heterocycles. The maximum Gasteiger partial charge on any atom is 0.220 e. The van der Waals surface area contributed by atoms with Gasteiger partial charge in [-0.2, -0.15) is 0 Å². The number of nitrogens with one attached hydrogen (secondary N) is 1. The number of amides is 1. The monoisotopic (exact) mass is 718 g/mol. The molecule has 5 nitrogen and oxygen atoms in total. The van der Waals surface area contributed by atoms with E-state index in [1.54, 1.807) is 0 Å². The van der Waals surface area contributed by atoms with Crippen LogP contribution in [0.1, 0.15) is 226 Å². The van der Waals surface area contributed by atoms with E-state index in [9.17, 15) is 20.1 Å². The number of aliphatic hydroxyl groups excluding tert-OH is 3. The van der Waals surface area contributed by atoms with Crippen LogP contribution in [0.5, 0.6) is 0 Å². The lowest BCUT2D eigenvalue weighted by Gasteiger charge is -2.26. The Kier molecular flexibility index (Phi) is 40.2. The van der Waals surface area contributed by atoms with Gasteiger partial charge in [-0.05, 0) is 57.8 Å². The Bertz CT molecular complexity index is 794. The molecule has 0 aromatic heterocycles. The minimum absolute atomic E-state index is 0.221. The molecule has 0 aliphatic rings. The summed E-state index contributed by atoms with van der Waals surface area (Å²) in [6.07, 6.45) is 51.4. The van der Waals surface area contributed by atoms with Gasteiger partial charge >= 0.3 is 0 Å². The summed E-state index contributed by atoms with van der Waals surface area (Å²) in [4.78, 5) is 12.3. The van der Waals surface area contributed by atoms with Gasteiger partial charge in [-0.15, -0.1) is 0 Å². The molecule has 300 valence electrons. The van der Waals surface area contributed by atoms with Crippen LogP contribution in [0, 0.1) is 0 Å². The van der Waals surface area contributed by atoms with Crippen LogP contribution in [0.4, 0.5) is 0 Å². The Morgan fingerprint density at radius 2 is 0.843 bits per heavy atom. The topological polar surface area (TPSA) is 89.8 Å². The summed E-state index contributed by atoms with van der Waals surface area (Å²) in [5, 5.41) is 33.4. The van der Waals surface area contributed by atoms with Gasteiger partial charge in [-0.25, -0.2) is 0 Å². The standard InChI is InChI=1S/C46H87NO4/c1-3-5-7-9-11-13-15-17-18-19-20-21-22-23-24-25-26-27-29-30-32-34-36-38-40-44(49)46(51)43(42-48)47-45(50)41-39-37-35-33-31-28-16-14-12-10-8-6-4-2/h28,31-32,34-35,37,43-44,46,48-49,51H,3-27,29-30,33,36,38-42H2,1-2H3,(H,47,50)/b31-28-,34-32+,37-35-. The average molecular weight is 718 g/mol. The van der Waals surface area contributed by atoms with Crippen molar-refractivity contribution in [1.29, 1.82) is 0 Å². The molecule has 3 atom stereocenters. The number of allylic oxidation sites excluding steroid dienone is 6. The molecule has 0 rings (SSSR count). The molecule has 0 fully saturated rings. The molecule has 0 saturated heterocycles. The summed E-state index contributed by atoms with van der Waals surface area (Å²) in [5.74, 6) is -0.221. The summed E-state index contributed by atoms with van der Waals surface area (Å²) in [7, 11) is 0. The number of aliphatic hydroxyl groups is 3. The minimum Gasteiger partial charge on any atom is -0.394 e. The molecular weight excluding hydrogens is 631 g/mol. The van der Waals surface area contributed by atoms with E-state index in [4.69, 9.17) is 0 Å². The van der Waals surface area contributed by atoms with Crippen LogP contribution < -0.4 is 5.32 Å². The van der Waals surface area contributed by atoms with Gasteiger partial charge in [-0.1, -0.05) is 198 Å². The number of carbonyl (C=O) groups is 1. The molecule has 1 amide bonds. The van der Waals surface area contributed by atoms with Gasteiger partial charge in [0.15, 0.2) is 0 Å². The number of unbranched alkanes of at least 4 members (excludes halogenated alkanes) is 26. The van der Waals surface area contributed by atoms with Crippen LogP contribution in [-0.2, 0) is 4.79 Å². The van der Waals surface area contributed by atoms with Gasteiger partial charge in [-0.3, -0.25) is 4.79 Å². The fourth-order valence-electron chi connectivity index (χ4n) is 6.74. The van der Waals surface area contributed by atoms with Gasteiger partial charge in [0.25, 0.3) is 0 Å². The first-order chi connectivity index (χ1) is 25.1. The number of carbonyl (C=O) groups excluding carboxylic acids is 1. The predicted molar refractivity (Wildman–Crippen MR) is 222 cm³/mol. The SMILES string of the molecule is CCCCCCCC/C=C\C/C=C\CCC(=O)NC(CO)C(O)C(O)CCC/C=C/CCCCCCCCCCCCCCCCCCCCC. The predicted octanol–water partition coefficient (Wildman–Crippen LogP) is 12.8. The van der Waals surface area contributed by atoms with Crippen molar-refractivity contribution < 1.29 is 20.1 Å². The van der Waals surface area contributed by atoms with Crippen molar-refractivity contribution in [1.82, 2.24) is 5.32 Å². The highest BCUT2D eigenvalue weighted by molar-refractivity contribution is 5.76. The van der Waals surface area contributed by atoms with Crippen molar-refractivity contribution in [2.75, 3.05) is 6.61 Å². The Morgan fingerprint density at radius 1 is 0.490 bits per heavy atom. The fraction of sp³-hybridized carbons (Fsp3) is 0.848. The van der Waals surface area contributed by atoms with E-state index in [1.165, 1.54) is 161 Å². The molecule has 0 aromatic carbocycles.